The van der Waals surface area contributed by atoms with Crippen LogP contribution in [0.5, 0.6) is 0 Å². The molecule has 1 aromatic heterocycles. The molecule has 0 radical (unpaired) electrons. The van der Waals surface area contributed by atoms with Crippen LogP contribution in [0.1, 0.15) is 24.8 Å². The van der Waals surface area contributed by atoms with E-state index in [9.17, 15) is 9.59 Å². The molecular weight excluding hydrogens is 342 g/mol. The molecule has 0 aromatic carbocycles. The molecule has 0 spiro atoms. The second-order valence-electron chi connectivity index (χ2n) is 7.96. The normalized spacial score (nSPS) is 21.8. The van der Waals surface area contributed by atoms with Crippen LogP contribution in [0.4, 0.5) is 0 Å². The standard InChI is InChI=1S/C20H31N5O2/c1-23(2)11-12-25-15-17(13-19(25)26)20(27)22-18-5-9-24(10-6-18)14-16-3-7-21-8-4-16/h3-4,7-8,17-18H,5-6,9-15H2,1-2H3,(H,22,27)/t17-/m1/s1. The molecule has 0 aliphatic carbocycles. The summed E-state index contributed by atoms with van der Waals surface area (Å²) in [5.41, 5.74) is 1.27. The average Bonchev–Trinajstić information content (AvgIpc) is 3.03. The number of rotatable bonds is 7. The van der Waals surface area contributed by atoms with Crippen molar-refractivity contribution < 1.29 is 9.59 Å². The van der Waals surface area contributed by atoms with Crippen molar-refractivity contribution in [2.45, 2.75) is 31.8 Å². The van der Waals surface area contributed by atoms with Crippen LogP contribution in [0.3, 0.4) is 0 Å². The summed E-state index contributed by atoms with van der Waals surface area (Å²) in [6.45, 7) is 4.97. The van der Waals surface area contributed by atoms with Crippen molar-refractivity contribution in [2.75, 3.05) is 46.8 Å². The highest BCUT2D eigenvalue weighted by atomic mass is 16.2. The zero-order chi connectivity index (χ0) is 19.2. The van der Waals surface area contributed by atoms with Crippen LogP contribution in [-0.4, -0.2) is 84.4 Å². The molecule has 0 bridgehead atoms. The summed E-state index contributed by atoms with van der Waals surface area (Å²) in [6, 6.07) is 4.32. The number of likely N-dealkylation sites (tertiary alicyclic amines) is 2. The first-order valence-electron chi connectivity index (χ1n) is 9.85. The van der Waals surface area contributed by atoms with Crippen LogP contribution in [0.15, 0.2) is 24.5 Å². The van der Waals surface area contributed by atoms with Crippen LogP contribution in [-0.2, 0) is 16.1 Å². The smallest absolute Gasteiger partial charge is 0.225 e. The summed E-state index contributed by atoms with van der Waals surface area (Å²) in [6.07, 6.45) is 5.92. The van der Waals surface area contributed by atoms with Gasteiger partial charge in [0.15, 0.2) is 0 Å². The molecule has 27 heavy (non-hydrogen) atoms. The number of aromatic nitrogens is 1. The van der Waals surface area contributed by atoms with Gasteiger partial charge < -0.3 is 15.1 Å². The van der Waals surface area contributed by atoms with Gasteiger partial charge in [-0.25, -0.2) is 0 Å². The first kappa shape index (κ1) is 19.8. The summed E-state index contributed by atoms with van der Waals surface area (Å²) >= 11 is 0. The SMILES string of the molecule is CN(C)CCN1C[C@H](C(=O)NC2CCN(Cc3ccncc3)CC2)CC1=O. The molecule has 7 nitrogen and oxygen atoms in total. The van der Waals surface area contributed by atoms with Gasteiger partial charge >= 0.3 is 0 Å². The molecule has 2 aliphatic rings. The first-order valence-corrected chi connectivity index (χ1v) is 9.85. The van der Waals surface area contributed by atoms with Gasteiger partial charge in [0, 0.05) is 64.1 Å². The Kier molecular flexibility index (Phi) is 6.79. The number of hydrogen-bond acceptors (Lipinski definition) is 5. The third-order valence-electron chi connectivity index (χ3n) is 5.49. The second kappa shape index (κ2) is 9.28. The number of hydrogen-bond donors (Lipinski definition) is 1. The summed E-state index contributed by atoms with van der Waals surface area (Å²) in [4.78, 5) is 35.1. The number of carbonyl (C=O) groups is 2. The molecule has 1 N–H and O–H groups in total. The summed E-state index contributed by atoms with van der Waals surface area (Å²) < 4.78 is 0. The molecule has 1 aromatic rings. The van der Waals surface area contributed by atoms with E-state index in [-0.39, 0.29) is 23.8 Å². The number of amides is 2. The third kappa shape index (κ3) is 5.74. The predicted octanol–water partition coefficient (Wildman–Crippen LogP) is 0.572. The maximum atomic E-state index is 12.6. The van der Waals surface area contributed by atoms with Crippen molar-refractivity contribution in [3.05, 3.63) is 30.1 Å². The average molecular weight is 374 g/mol. The summed E-state index contributed by atoms with van der Waals surface area (Å²) in [5.74, 6) is -0.0537. The van der Waals surface area contributed by atoms with E-state index in [0.717, 1.165) is 39.0 Å². The van der Waals surface area contributed by atoms with Crippen molar-refractivity contribution >= 4 is 11.8 Å². The Morgan fingerprint density at radius 1 is 1.26 bits per heavy atom. The van der Waals surface area contributed by atoms with E-state index in [1.807, 2.05) is 43.5 Å². The van der Waals surface area contributed by atoms with Crippen LogP contribution >= 0.6 is 0 Å². The fraction of sp³-hybridized carbons (Fsp3) is 0.650. The van der Waals surface area contributed by atoms with Crippen molar-refractivity contribution in [3.8, 4) is 0 Å². The monoisotopic (exact) mass is 373 g/mol. The van der Waals surface area contributed by atoms with Gasteiger partial charge in [-0.3, -0.25) is 19.5 Å². The third-order valence-corrected chi connectivity index (χ3v) is 5.49. The zero-order valence-electron chi connectivity index (χ0n) is 16.4. The number of pyridine rings is 1. The summed E-state index contributed by atoms with van der Waals surface area (Å²) in [5, 5.41) is 3.19. The lowest BCUT2D eigenvalue weighted by Crippen LogP contribution is -2.46. The topological polar surface area (TPSA) is 68.8 Å². The van der Waals surface area contributed by atoms with E-state index in [1.54, 1.807) is 0 Å². The minimum absolute atomic E-state index is 0.0447. The predicted molar refractivity (Wildman–Crippen MR) is 104 cm³/mol. The lowest BCUT2D eigenvalue weighted by atomic mass is 10.0. The first-order chi connectivity index (χ1) is 13.0. The molecule has 0 saturated carbocycles. The zero-order valence-corrected chi connectivity index (χ0v) is 16.4. The maximum Gasteiger partial charge on any atom is 0.225 e. The van der Waals surface area contributed by atoms with Crippen molar-refractivity contribution in [1.82, 2.24) is 25.0 Å². The highest BCUT2D eigenvalue weighted by Gasteiger charge is 2.35. The van der Waals surface area contributed by atoms with Crippen molar-refractivity contribution in [3.63, 3.8) is 0 Å². The Morgan fingerprint density at radius 3 is 2.63 bits per heavy atom. The summed E-state index contributed by atoms with van der Waals surface area (Å²) in [7, 11) is 3.98. The lowest BCUT2D eigenvalue weighted by molar-refractivity contribution is -0.129. The van der Waals surface area contributed by atoms with Crippen LogP contribution < -0.4 is 5.32 Å². The maximum absolute atomic E-state index is 12.6. The molecule has 2 fully saturated rings. The fourth-order valence-electron chi connectivity index (χ4n) is 3.79. The molecule has 3 heterocycles. The Labute approximate surface area is 161 Å². The van der Waals surface area contributed by atoms with Gasteiger partial charge in [0.1, 0.15) is 0 Å². The molecule has 3 rings (SSSR count). The molecule has 7 heteroatoms. The van der Waals surface area contributed by atoms with Gasteiger partial charge in [0.25, 0.3) is 0 Å². The molecule has 2 saturated heterocycles. The van der Waals surface area contributed by atoms with Crippen LogP contribution in [0.25, 0.3) is 0 Å². The van der Waals surface area contributed by atoms with Gasteiger partial charge in [-0.05, 0) is 44.6 Å². The van der Waals surface area contributed by atoms with Crippen molar-refractivity contribution in [1.29, 1.82) is 0 Å². The highest BCUT2D eigenvalue weighted by molar-refractivity contribution is 5.89. The van der Waals surface area contributed by atoms with Crippen molar-refractivity contribution in [2.24, 2.45) is 5.92 Å². The van der Waals surface area contributed by atoms with E-state index in [2.05, 4.69) is 20.1 Å². The molecule has 2 amide bonds. The number of nitrogens with zero attached hydrogens (tertiary/aromatic N) is 4. The van der Waals surface area contributed by atoms with Gasteiger partial charge in [-0.1, -0.05) is 0 Å². The van der Waals surface area contributed by atoms with Gasteiger partial charge in [0.2, 0.25) is 11.8 Å². The number of likely N-dealkylation sites (N-methyl/N-ethyl adjacent to an activating group) is 1. The van der Waals surface area contributed by atoms with Gasteiger partial charge in [0.05, 0.1) is 5.92 Å². The highest BCUT2D eigenvalue weighted by Crippen LogP contribution is 2.19. The number of nitrogens with one attached hydrogen (secondary N) is 1. The molecule has 1 atom stereocenters. The Hall–Kier alpha value is -1.99. The molecule has 0 unspecified atom stereocenters. The van der Waals surface area contributed by atoms with E-state index in [4.69, 9.17) is 0 Å². The number of piperidine rings is 1. The van der Waals surface area contributed by atoms with Crippen LogP contribution in [0.2, 0.25) is 0 Å². The van der Waals surface area contributed by atoms with E-state index in [1.165, 1.54) is 5.56 Å². The lowest BCUT2D eigenvalue weighted by Gasteiger charge is -2.32. The number of carbonyl (C=O) groups excluding carboxylic acids is 2. The van der Waals surface area contributed by atoms with E-state index < -0.39 is 0 Å². The van der Waals surface area contributed by atoms with Crippen LogP contribution in [0, 0.1) is 5.92 Å². The molecule has 2 aliphatic heterocycles. The quantitative estimate of drug-likeness (QED) is 0.757. The Bertz CT molecular complexity index is 629. The Balaban J connectivity index is 1.40. The fourth-order valence-corrected chi connectivity index (χ4v) is 3.79. The molecule has 148 valence electrons. The minimum atomic E-state index is -0.200. The largest absolute Gasteiger partial charge is 0.353 e. The molecular formula is C20H31N5O2. The Morgan fingerprint density at radius 2 is 1.96 bits per heavy atom. The second-order valence-corrected chi connectivity index (χ2v) is 7.96. The van der Waals surface area contributed by atoms with Gasteiger partial charge in [-0.15, -0.1) is 0 Å². The minimum Gasteiger partial charge on any atom is -0.353 e. The van der Waals surface area contributed by atoms with Gasteiger partial charge in [-0.2, -0.15) is 0 Å². The van der Waals surface area contributed by atoms with E-state index >= 15 is 0 Å². The van der Waals surface area contributed by atoms with E-state index in [0.29, 0.717) is 19.5 Å².